The van der Waals surface area contributed by atoms with E-state index in [1.807, 2.05) is 12.1 Å². The zero-order valence-electron chi connectivity index (χ0n) is 13.9. The highest BCUT2D eigenvalue weighted by atomic mass is 35.5. The fraction of sp³-hybridized carbons (Fsp3) is 0.526. The van der Waals surface area contributed by atoms with Gasteiger partial charge >= 0.3 is 0 Å². The Labute approximate surface area is 152 Å². The highest BCUT2D eigenvalue weighted by Crippen LogP contribution is 2.64. The summed E-state index contributed by atoms with van der Waals surface area (Å²) in [5.74, 6) is 0.528. The molecular weight excluding hydrogens is 342 g/mol. The standard InChI is InChI=1S/C19H21NO4.ClH/c1-2-8-20-9-7-18-15-11-3-4-12(21)16(15)24-17(18)13(22)5-6-19(18,23)14(20)10-11;/h2-4,14,17,21,23H,1,5-10H2;1H/t14-,17?,18+,19+;/m1./s1. The van der Waals surface area contributed by atoms with Gasteiger partial charge in [0, 0.05) is 31.1 Å². The number of phenolic OH excluding ortho intramolecular Hbond substituents is 1. The second kappa shape index (κ2) is 5.22. The molecule has 25 heavy (non-hydrogen) atoms. The van der Waals surface area contributed by atoms with Crippen LogP contribution >= 0.6 is 12.4 Å². The zero-order valence-corrected chi connectivity index (χ0v) is 14.7. The van der Waals surface area contributed by atoms with E-state index in [4.69, 9.17) is 4.74 Å². The number of ether oxygens (including phenoxy) is 1. The fourth-order valence-corrected chi connectivity index (χ4v) is 5.80. The van der Waals surface area contributed by atoms with Crippen LogP contribution in [0, 0.1) is 0 Å². The molecule has 1 aromatic rings. The Morgan fingerprint density at radius 1 is 1.40 bits per heavy atom. The number of piperidine rings is 1. The molecule has 1 aromatic carbocycles. The lowest BCUT2D eigenvalue weighted by molar-refractivity contribution is -0.187. The molecule has 1 spiro atoms. The van der Waals surface area contributed by atoms with E-state index in [1.54, 1.807) is 6.07 Å². The van der Waals surface area contributed by atoms with Crippen LogP contribution in [0.15, 0.2) is 24.8 Å². The van der Waals surface area contributed by atoms with Gasteiger partial charge < -0.3 is 14.9 Å². The van der Waals surface area contributed by atoms with Gasteiger partial charge in [0.1, 0.15) is 0 Å². The molecule has 4 atom stereocenters. The van der Waals surface area contributed by atoms with E-state index in [-0.39, 0.29) is 30.0 Å². The summed E-state index contributed by atoms with van der Waals surface area (Å²) >= 11 is 0. The SMILES string of the molecule is C=CCN1CC[C@]23c4c5ccc(O)c4OC2C(=O)CC[C@]3(O)[C@H]1C5.Cl. The molecule has 1 unspecified atom stereocenters. The Kier molecular flexibility index (Phi) is 3.53. The summed E-state index contributed by atoms with van der Waals surface area (Å²) in [6.07, 6.45) is 3.35. The molecule has 1 saturated heterocycles. The number of ketones is 1. The quantitative estimate of drug-likeness (QED) is 0.783. The average Bonchev–Trinajstić information content (AvgIpc) is 2.91. The summed E-state index contributed by atoms with van der Waals surface area (Å²) in [4.78, 5) is 14.9. The summed E-state index contributed by atoms with van der Waals surface area (Å²) in [5.41, 5.74) is 0.256. The van der Waals surface area contributed by atoms with Crippen molar-refractivity contribution in [3.63, 3.8) is 0 Å². The third-order valence-electron chi connectivity index (χ3n) is 6.73. The molecule has 134 valence electrons. The first-order valence-corrected chi connectivity index (χ1v) is 8.65. The minimum Gasteiger partial charge on any atom is -0.504 e. The van der Waals surface area contributed by atoms with Gasteiger partial charge in [-0.2, -0.15) is 0 Å². The number of rotatable bonds is 2. The highest BCUT2D eigenvalue weighted by Gasteiger charge is 2.72. The summed E-state index contributed by atoms with van der Waals surface area (Å²) in [6.45, 7) is 5.36. The number of phenols is 1. The first-order chi connectivity index (χ1) is 11.5. The maximum absolute atomic E-state index is 12.6. The fourth-order valence-electron chi connectivity index (χ4n) is 5.80. The third-order valence-corrected chi connectivity index (χ3v) is 6.73. The van der Waals surface area contributed by atoms with Gasteiger partial charge in [-0.05, 0) is 30.9 Å². The van der Waals surface area contributed by atoms with Gasteiger partial charge in [0.2, 0.25) is 0 Å². The van der Waals surface area contributed by atoms with Gasteiger partial charge in [-0.3, -0.25) is 9.69 Å². The smallest absolute Gasteiger partial charge is 0.174 e. The summed E-state index contributed by atoms with van der Waals surface area (Å²) < 4.78 is 5.98. The van der Waals surface area contributed by atoms with Crippen LogP contribution in [0.5, 0.6) is 11.5 Å². The number of carbonyl (C=O) groups excluding carboxylic acids is 1. The summed E-state index contributed by atoms with van der Waals surface area (Å²) in [6, 6.07) is 3.52. The van der Waals surface area contributed by atoms with E-state index < -0.39 is 17.1 Å². The Hall–Kier alpha value is -1.56. The number of aromatic hydroxyl groups is 1. The molecule has 5 rings (SSSR count). The number of hydrogen-bond donors (Lipinski definition) is 2. The van der Waals surface area contributed by atoms with Gasteiger partial charge in [0.05, 0.1) is 11.0 Å². The number of likely N-dealkylation sites (tertiary alicyclic amines) is 1. The van der Waals surface area contributed by atoms with Crippen molar-refractivity contribution in [3.05, 3.63) is 35.9 Å². The molecular formula is C19H22ClNO4. The predicted octanol–water partition coefficient (Wildman–Crippen LogP) is 1.72. The van der Waals surface area contributed by atoms with E-state index in [1.165, 1.54) is 0 Å². The molecule has 6 heteroatoms. The lowest BCUT2D eigenvalue weighted by Crippen LogP contribution is -2.76. The Bertz CT molecular complexity index is 781. The van der Waals surface area contributed by atoms with Crippen LogP contribution in [0.25, 0.3) is 0 Å². The lowest BCUT2D eigenvalue weighted by atomic mass is 9.49. The molecule has 2 aliphatic heterocycles. The highest BCUT2D eigenvalue weighted by molar-refractivity contribution is 5.90. The topological polar surface area (TPSA) is 70.0 Å². The molecule has 1 saturated carbocycles. The summed E-state index contributed by atoms with van der Waals surface area (Å²) in [7, 11) is 0. The molecule has 2 fully saturated rings. The van der Waals surface area contributed by atoms with Crippen molar-refractivity contribution < 1.29 is 19.7 Å². The number of hydrogen-bond acceptors (Lipinski definition) is 5. The normalized spacial score (nSPS) is 37.7. The molecule has 0 radical (unpaired) electrons. The minimum absolute atomic E-state index is 0. The van der Waals surface area contributed by atoms with E-state index in [0.29, 0.717) is 31.4 Å². The monoisotopic (exact) mass is 363 g/mol. The lowest BCUT2D eigenvalue weighted by Gasteiger charge is -2.62. The zero-order chi connectivity index (χ0) is 16.7. The van der Waals surface area contributed by atoms with Crippen molar-refractivity contribution in [2.45, 2.75) is 48.8 Å². The molecule has 2 aliphatic carbocycles. The molecule has 4 aliphatic rings. The number of carbonyl (C=O) groups is 1. The number of halogens is 1. The molecule has 2 heterocycles. The van der Waals surface area contributed by atoms with Crippen LogP contribution in [-0.4, -0.2) is 51.7 Å². The van der Waals surface area contributed by atoms with Crippen LogP contribution < -0.4 is 4.74 Å². The predicted molar refractivity (Wildman–Crippen MR) is 94.5 cm³/mol. The maximum Gasteiger partial charge on any atom is 0.174 e. The van der Waals surface area contributed by atoms with Crippen LogP contribution in [0.2, 0.25) is 0 Å². The molecule has 2 bridgehead atoms. The first kappa shape index (κ1) is 16.9. The van der Waals surface area contributed by atoms with Gasteiger partial charge in [-0.15, -0.1) is 19.0 Å². The number of Topliss-reactive ketones (excluding diaryl/α,β-unsaturated/α-hetero) is 1. The molecule has 2 N–H and O–H groups in total. The number of nitrogens with zero attached hydrogens (tertiary/aromatic N) is 1. The van der Waals surface area contributed by atoms with Gasteiger partial charge in [-0.25, -0.2) is 0 Å². The van der Waals surface area contributed by atoms with Crippen molar-refractivity contribution in [2.75, 3.05) is 13.1 Å². The van der Waals surface area contributed by atoms with Gasteiger partial charge in [0.15, 0.2) is 23.4 Å². The molecule has 0 aromatic heterocycles. The number of benzene rings is 1. The van der Waals surface area contributed by atoms with E-state index in [2.05, 4.69) is 11.5 Å². The van der Waals surface area contributed by atoms with Crippen molar-refractivity contribution in [2.24, 2.45) is 0 Å². The maximum atomic E-state index is 12.6. The van der Waals surface area contributed by atoms with Crippen molar-refractivity contribution in [3.8, 4) is 11.5 Å². The second-order valence-electron chi connectivity index (χ2n) is 7.56. The van der Waals surface area contributed by atoms with Crippen LogP contribution in [0.1, 0.15) is 30.4 Å². The first-order valence-electron chi connectivity index (χ1n) is 8.65. The Morgan fingerprint density at radius 3 is 2.96 bits per heavy atom. The third kappa shape index (κ3) is 1.74. The molecule has 5 nitrogen and oxygen atoms in total. The largest absolute Gasteiger partial charge is 0.504 e. The average molecular weight is 364 g/mol. The van der Waals surface area contributed by atoms with E-state index in [9.17, 15) is 15.0 Å². The van der Waals surface area contributed by atoms with Gasteiger partial charge in [0.25, 0.3) is 0 Å². The van der Waals surface area contributed by atoms with Crippen molar-refractivity contribution in [1.29, 1.82) is 0 Å². The van der Waals surface area contributed by atoms with E-state index >= 15 is 0 Å². The Morgan fingerprint density at radius 2 is 2.20 bits per heavy atom. The van der Waals surface area contributed by atoms with Crippen LogP contribution in [0.3, 0.4) is 0 Å². The van der Waals surface area contributed by atoms with Gasteiger partial charge in [-0.1, -0.05) is 12.1 Å². The van der Waals surface area contributed by atoms with Crippen molar-refractivity contribution in [1.82, 2.24) is 4.90 Å². The van der Waals surface area contributed by atoms with Crippen molar-refractivity contribution >= 4 is 18.2 Å². The summed E-state index contributed by atoms with van der Waals surface area (Å²) in [5, 5.41) is 22.1. The second-order valence-corrected chi connectivity index (χ2v) is 7.56. The van der Waals surface area contributed by atoms with Crippen LogP contribution in [-0.2, 0) is 16.6 Å². The van der Waals surface area contributed by atoms with E-state index in [0.717, 1.165) is 24.2 Å². The minimum atomic E-state index is -1.00. The number of aliphatic hydroxyl groups is 1. The Balaban J connectivity index is 0.00000157. The van der Waals surface area contributed by atoms with Crippen LogP contribution in [0.4, 0.5) is 0 Å². The molecule has 0 amide bonds.